The van der Waals surface area contributed by atoms with Gasteiger partial charge in [0.15, 0.2) is 0 Å². The van der Waals surface area contributed by atoms with Crippen molar-refractivity contribution < 1.29 is 9.53 Å². The Bertz CT molecular complexity index is 398. The van der Waals surface area contributed by atoms with Crippen LogP contribution in [0.1, 0.15) is 5.56 Å². The Morgan fingerprint density at radius 2 is 2.22 bits per heavy atom. The fourth-order valence-corrected chi connectivity index (χ4v) is 2.13. The Morgan fingerprint density at radius 1 is 1.50 bits per heavy atom. The fraction of sp³-hybridized carbons (Fsp3) is 0.462. The Balaban J connectivity index is 2.49. The summed E-state index contributed by atoms with van der Waals surface area (Å²) in [4.78, 5) is 13.6. The van der Waals surface area contributed by atoms with E-state index in [1.165, 1.54) is 0 Å². The summed E-state index contributed by atoms with van der Waals surface area (Å²) in [5.74, 6) is 0.0130. The van der Waals surface area contributed by atoms with Crippen molar-refractivity contribution in [2.24, 2.45) is 0 Å². The molecule has 0 saturated heterocycles. The molecule has 1 aromatic carbocycles. The highest BCUT2D eigenvalue weighted by molar-refractivity contribution is 6.30. The number of methoxy groups -OCH3 is 1. The van der Waals surface area contributed by atoms with Crippen LogP contribution < -0.4 is 0 Å². The van der Waals surface area contributed by atoms with Gasteiger partial charge in [0.1, 0.15) is 0 Å². The van der Waals surface area contributed by atoms with Crippen LogP contribution in [0.25, 0.3) is 0 Å². The molecule has 1 atom stereocenters. The Labute approximate surface area is 118 Å². The van der Waals surface area contributed by atoms with Gasteiger partial charge in [0, 0.05) is 25.7 Å². The molecular weight excluding hydrogens is 273 g/mol. The Hall–Kier alpha value is -0.770. The number of nitrogens with zero attached hydrogens (tertiary/aromatic N) is 1. The first-order valence-electron chi connectivity index (χ1n) is 5.64. The second kappa shape index (κ2) is 7.62. The summed E-state index contributed by atoms with van der Waals surface area (Å²) < 4.78 is 4.93. The van der Waals surface area contributed by atoms with Crippen LogP contribution in [-0.2, 0) is 16.0 Å². The third-order valence-electron chi connectivity index (χ3n) is 2.49. The Kier molecular flexibility index (Phi) is 6.47. The molecule has 100 valence electrons. The van der Waals surface area contributed by atoms with E-state index in [0.29, 0.717) is 24.6 Å². The highest BCUT2D eigenvalue weighted by Gasteiger charge is 2.14. The van der Waals surface area contributed by atoms with E-state index in [-0.39, 0.29) is 11.3 Å². The van der Waals surface area contributed by atoms with Gasteiger partial charge >= 0.3 is 0 Å². The third kappa shape index (κ3) is 5.25. The number of halogens is 2. The van der Waals surface area contributed by atoms with Gasteiger partial charge in [-0.2, -0.15) is 0 Å². The topological polar surface area (TPSA) is 29.5 Å². The fourth-order valence-electron chi connectivity index (χ4n) is 1.59. The van der Waals surface area contributed by atoms with Gasteiger partial charge in [-0.3, -0.25) is 4.79 Å². The molecule has 0 aliphatic carbocycles. The van der Waals surface area contributed by atoms with Crippen molar-refractivity contribution >= 4 is 29.1 Å². The number of alkyl halides is 1. The van der Waals surface area contributed by atoms with Crippen molar-refractivity contribution in [3.8, 4) is 0 Å². The maximum atomic E-state index is 11.9. The molecule has 0 heterocycles. The number of rotatable bonds is 6. The largest absolute Gasteiger partial charge is 0.383 e. The highest BCUT2D eigenvalue weighted by Crippen LogP contribution is 2.12. The number of likely N-dealkylation sites (N-methyl/N-ethyl adjacent to an activating group) is 1. The first-order valence-corrected chi connectivity index (χ1v) is 6.45. The molecule has 0 N–H and O–H groups in total. The molecule has 3 nitrogen and oxygen atoms in total. The first kappa shape index (κ1) is 15.3. The van der Waals surface area contributed by atoms with Crippen molar-refractivity contribution in [1.82, 2.24) is 4.90 Å². The van der Waals surface area contributed by atoms with Crippen molar-refractivity contribution in [3.05, 3.63) is 34.9 Å². The lowest BCUT2D eigenvalue weighted by molar-refractivity contribution is -0.129. The zero-order valence-electron chi connectivity index (χ0n) is 10.5. The molecule has 0 bridgehead atoms. The molecule has 5 heteroatoms. The van der Waals surface area contributed by atoms with Crippen LogP contribution in [0.4, 0.5) is 0 Å². The van der Waals surface area contributed by atoms with Gasteiger partial charge in [0.2, 0.25) is 5.91 Å². The molecule has 1 unspecified atom stereocenters. The van der Waals surface area contributed by atoms with E-state index >= 15 is 0 Å². The number of carbonyl (C=O) groups excluding carboxylic acids is 1. The van der Waals surface area contributed by atoms with Gasteiger partial charge in [-0.05, 0) is 17.7 Å². The van der Waals surface area contributed by atoms with Crippen LogP contribution >= 0.6 is 23.2 Å². The molecule has 18 heavy (non-hydrogen) atoms. The van der Waals surface area contributed by atoms with Gasteiger partial charge in [0.05, 0.1) is 18.4 Å². The average Bonchev–Trinajstić information content (AvgIpc) is 2.29. The Morgan fingerprint density at radius 3 is 2.83 bits per heavy atom. The van der Waals surface area contributed by atoms with Gasteiger partial charge < -0.3 is 9.64 Å². The minimum Gasteiger partial charge on any atom is -0.383 e. The van der Waals surface area contributed by atoms with Gasteiger partial charge in [-0.1, -0.05) is 23.7 Å². The number of ether oxygens (including phenoxy) is 1. The van der Waals surface area contributed by atoms with E-state index in [1.807, 2.05) is 12.1 Å². The van der Waals surface area contributed by atoms with E-state index in [9.17, 15) is 4.79 Å². The molecule has 1 aromatic rings. The summed E-state index contributed by atoms with van der Waals surface area (Å²) in [7, 11) is 3.32. The smallest absolute Gasteiger partial charge is 0.226 e. The molecule has 0 saturated carbocycles. The van der Waals surface area contributed by atoms with Crippen LogP contribution in [0.15, 0.2) is 24.3 Å². The molecule has 0 aliphatic rings. The second-order valence-corrected chi connectivity index (χ2v) is 5.19. The maximum absolute atomic E-state index is 11.9. The van der Waals surface area contributed by atoms with E-state index in [1.54, 1.807) is 31.2 Å². The van der Waals surface area contributed by atoms with E-state index in [2.05, 4.69) is 0 Å². The van der Waals surface area contributed by atoms with Crippen molar-refractivity contribution in [2.75, 3.05) is 27.3 Å². The molecule has 1 rings (SSSR count). The predicted octanol–water partition coefficient (Wildman–Crippen LogP) is 2.59. The summed E-state index contributed by atoms with van der Waals surface area (Å²) in [6, 6.07) is 7.29. The molecular formula is C13H17Cl2NO2. The molecule has 0 spiro atoms. The standard InChI is InChI=1S/C13H17Cl2NO2/c1-16(8-12(15)9-18-2)13(17)7-10-4-3-5-11(14)6-10/h3-6,12H,7-9H2,1-2H3. The van der Waals surface area contributed by atoms with Crippen LogP contribution in [0.5, 0.6) is 0 Å². The summed E-state index contributed by atoms with van der Waals surface area (Å²) in [5, 5.41) is 0.445. The highest BCUT2D eigenvalue weighted by atomic mass is 35.5. The van der Waals surface area contributed by atoms with E-state index in [4.69, 9.17) is 27.9 Å². The van der Waals surface area contributed by atoms with Crippen LogP contribution in [0.3, 0.4) is 0 Å². The van der Waals surface area contributed by atoms with Crippen LogP contribution in [0.2, 0.25) is 5.02 Å². The maximum Gasteiger partial charge on any atom is 0.226 e. The van der Waals surface area contributed by atoms with Gasteiger partial charge in [-0.15, -0.1) is 11.6 Å². The molecule has 0 aromatic heterocycles. The van der Waals surface area contributed by atoms with Crippen LogP contribution in [0, 0.1) is 0 Å². The number of hydrogen-bond donors (Lipinski definition) is 0. The summed E-state index contributed by atoms with van der Waals surface area (Å²) in [6.07, 6.45) is 0.327. The van der Waals surface area contributed by atoms with Crippen molar-refractivity contribution in [3.63, 3.8) is 0 Å². The zero-order valence-corrected chi connectivity index (χ0v) is 12.0. The SMILES string of the molecule is COCC(Cl)CN(C)C(=O)Cc1cccc(Cl)c1. The lowest BCUT2D eigenvalue weighted by atomic mass is 10.1. The quantitative estimate of drug-likeness (QED) is 0.754. The monoisotopic (exact) mass is 289 g/mol. The van der Waals surface area contributed by atoms with E-state index < -0.39 is 0 Å². The van der Waals surface area contributed by atoms with Crippen LogP contribution in [-0.4, -0.2) is 43.5 Å². The lowest BCUT2D eigenvalue weighted by Gasteiger charge is -2.20. The van der Waals surface area contributed by atoms with E-state index in [0.717, 1.165) is 5.56 Å². The number of carbonyl (C=O) groups is 1. The summed E-state index contributed by atoms with van der Waals surface area (Å²) in [6.45, 7) is 0.894. The first-order chi connectivity index (χ1) is 8.52. The average molecular weight is 290 g/mol. The molecule has 0 fully saturated rings. The zero-order chi connectivity index (χ0) is 13.5. The normalized spacial score (nSPS) is 12.2. The van der Waals surface area contributed by atoms with Gasteiger partial charge in [-0.25, -0.2) is 0 Å². The second-order valence-electron chi connectivity index (χ2n) is 4.13. The number of amides is 1. The number of hydrogen-bond acceptors (Lipinski definition) is 2. The molecule has 0 aliphatic heterocycles. The minimum atomic E-state index is -0.191. The van der Waals surface area contributed by atoms with Gasteiger partial charge in [0.25, 0.3) is 0 Å². The lowest BCUT2D eigenvalue weighted by Crippen LogP contribution is -2.34. The predicted molar refractivity (Wildman–Crippen MR) is 74.3 cm³/mol. The number of benzene rings is 1. The summed E-state index contributed by atoms with van der Waals surface area (Å²) >= 11 is 11.9. The summed E-state index contributed by atoms with van der Waals surface area (Å²) in [5.41, 5.74) is 0.900. The molecule has 0 radical (unpaired) electrons. The van der Waals surface area contributed by atoms with Crippen molar-refractivity contribution in [1.29, 1.82) is 0 Å². The van der Waals surface area contributed by atoms with Crippen molar-refractivity contribution in [2.45, 2.75) is 11.8 Å². The minimum absolute atomic E-state index is 0.0130. The third-order valence-corrected chi connectivity index (χ3v) is 2.99. The molecule has 1 amide bonds.